The summed E-state index contributed by atoms with van der Waals surface area (Å²) in [5, 5.41) is 11.7. The zero-order valence-corrected chi connectivity index (χ0v) is 9.95. The van der Waals surface area contributed by atoms with Gasteiger partial charge in [0.15, 0.2) is 5.82 Å². The molecule has 0 amide bonds. The molecular formula is C12H11N5O2. The maximum atomic E-state index is 10.5. The summed E-state index contributed by atoms with van der Waals surface area (Å²) < 4.78 is 1.67. The number of nitrogens with one attached hydrogen (secondary N) is 1. The van der Waals surface area contributed by atoms with Crippen molar-refractivity contribution in [2.24, 2.45) is 0 Å². The summed E-state index contributed by atoms with van der Waals surface area (Å²) in [6, 6.07) is 5.57. The topological polar surface area (TPSA) is 96.2 Å². The molecule has 0 radical (unpaired) electrons. The van der Waals surface area contributed by atoms with Gasteiger partial charge in [-0.15, -0.1) is 0 Å². The maximum absolute atomic E-state index is 10.5. The minimum atomic E-state index is -0.834. The average Bonchev–Trinajstić information content (AvgIpc) is 2.95. The standard InChI is InChI=1S/C12H11N5O2/c18-10(19)5-4-8-7-17-12(14-8)15-11(16-17)9-3-1-2-6-13-9/h1-3,6-7H,4-5H2,(H,18,19)(H,14,15,16). The number of carboxylic acids is 1. The van der Waals surface area contributed by atoms with Crippen LogP contribution >= 0.6 is 0 Å². The Bertz CT molecular complexity index is 685. The first-order valence-corrected chi connectivity index (χ1v) is 5.79. The lowest BCUT2D eigenvalue weighted by molar-refractivity contribution is -0.136. The van der Waals surface area contributed by atoms with Crippen LogP contribution in [0.1, 0.15) is 12.1 Å². The van der Waals surface area contributed by atoms with Crippen LogP contribution in [-0.4, -0.2) is 35.6 Å². The van der Waals surface area contributed by atoms with Gasteiger partial charge in [0, 0.05) is 12.6 Å². The first-order valence-electron chi connectivity index (χ1n) is 5.79. The Morgan fingerprint density at radius 3 is 2.95 bits per heavy atom. The van der Waals surface area contributed by atoms with Crippen molar-refractivity contribution in [2.45, 2.75) is 12.8 Å². The highest BCUT2D eigenvalue weighted by Crippen LogP contribution is 2.13. The van der Waals surface area contributed by atoms with Crippen LogP contribution in [0.4, 0.5) is 0 Å². The molecule has 0 saturated carbocycles. The normalized spacial score (nSPS) is 10.9. The Balaban J connectivity index is 1.87. The number of nitrogens with zero attached hydrogens (tertiary/aromatic N) is 4. The Morgan fingerprint density at radius 1 is 1.37 bits per heavy atom. The second kappa shape index (κ2) is 4.52. The minimum absolute atomic E-state index is 0.0628. The number of carboxylic acid groups (broad SMARTS) is 1. The third kappa shape index (κ3) is 2.30. The van der Waals surface area contributed by atoms with Crippen molar-refractivity contribution >= 4 is 11.7 Å². The number of aryl methyl sites for hydroxylation is 1. The molecule has 0 atom stereocenters. The van der Waals surface area contributed by atoms with Gasteiger partial charge in [-0.1, -0.05) is 6.07 Å². The summed E-state index contributed by atoms with van der Waals surface area (Å²) in [5.41, 5.74) is 1.44. The van der Waals surface area contributed by atoms with Gasteiger partial charge in [-0.25, -0.2) is 9.50 Å². The van der Waals surface area contributed by atoms with Crippen LogP contribution in [0.25, 0.3) is 17.3 Å². The molecule has 0 aliphatic rings. The van der Waals surface area contributed by atoms with Crippen molar-refractivity contribution in [1.82, 2.24) is 24.6 Å². The lowest BCUT2D eigenvalue weighted by Gasteiger charge is -1.93. The van der Waals surface area contributed by atoms with Crippen LogP contribution in [0.2, 0.25) is 0 Å². The van der Waals surface area contributed by atoms with Gasteiger partial charge in [0.05, 0.1) is 18.3 Å². The molecule has 3 aromatic heterocycles. The van der Waals surface area contributed by atoms with E-state index < -0.39 is 5.97 Å². The van der Waals surface area contributed by atoms with Gasteiger partial charge in [-0.05, 0) is 12.1 Å². The number of aromatic nitrogens is 5. The lowest BCUT2D eigenvalue weighted by Crippen LogP contribution is -1.97. The van der Waals surface area contributed by atoms with E-state index in [4.69, 9.17) is 5.11 Å². The van der Waals surface area contributed by atoms with Gasteiger partial charge in [-0.3, -0.25) is 14.9 Å². The van der Waals surface area contributed by atoms with Crippen molar-refractivity contribution < 1.29 is 9.90 Å². The van der Waals surface area contributed by atoms with Gasteiger partial charge in [-0.2, -0.15) is 4.98 Å². The number of aromatic amines is 1. The maximum Gasteiger partial charge on any atom is 0.303 e. The van der Waals surface area contributed by atoms with E-state index in [1.54, 1.807) is 16.9 Å². The number of aliphatic carboxylic acids is 1. The fourth-order valence-electron chi connectivity index (χ4n) is 1.79. The number of hydrogen-bond donors (Lipinski definition) is 2. The van der Waals surface area contributed by atoms with Crippen molar-refractivity contribution in [1.29, 1.82) is 0 Å². The Hall–Kier alpha value is -2.70. The molecule has 19 heavy (non-hydrogen) atoms. The van der Waals surface area contributed by atoms with E-state index in [2.05, 4.69) is 20.1 Å². The van der Waals surface area contributed by atoms with E-state index in [0.717, 1.165) is 5.69 Å². The molecule has 0 aliphatic heterocycles. The van der Waals surface area contributed by atoms with Crippen molar-refractivity contribution in [3.05, 3.63) is 36.3 Å². The van der Waals surface area contributed by atoms with Crippen LogP contribution < -0.4 is 0 Å². The van der Waals surface area contributed by atoms with Crippen molar-refractivity contribution in [3.63, 3.8) is 0 Å². The molecule has 3 rings (SSSR count). The van der Waals surface area contributed by atoms with E-state index in [1.807, 2.05) is 18.2 Å². The molecular weight excluding hydrogens is 246 g/mol. The number of pyridine rings is 1. The lowest BCUT2D eigenvalue weighted by atomic mass is 10.2. The third-order valence-corrected chi connectivity index (χ3v) is 2.68. The summed E-state index contributed by atoms with van der Waals surface area (Å²) in [6.07, 6.45) is 3.90. The number of hydrogen-bond acceptors (Lipinski definition) is 4. The van der Waals surface area contributed by atoms with Gasteiger partial charge >= 0.3 is 5.97 Å². The third-order valence-electron chi connectivity index (χ3n) is 2.68. The van der Waals surface area contributed by atoms with Gasteiger partial charge in [0.1, 0.15) is 5.69 Å². The van der Waals surface area contributed by atoms with Gasteiger partial charge in [0.2, 0.25) is 0 Å². The predicted molar refractivity (Wildman–Crippen MR) is 66.5 cm³/mol. The van der Waals surface area contributed by atoms with E-state index in [0.29, 0.717) is 23.7 Å². The number of fused-ring (bicyclic) bond motifs is 1. The molecule has 0 fully saturated rings. The Morgan fingerprint density at radius 2 is 2.26 bits per heavy atom. The van der Waals surface area contributed by atoms with Crippen molar-refractivity contribution in [2.75, 3.05) is 0 Å². The number of H-pyrrole nitrogens is 1. The predicted octanol–water partition coefficient (Wildman–Crippen LogP) is 1.14. The summed E-state index contributed by atoms with van der Waals surface area (Å²) in [5.74, 6) is 0.313. The highest BCUT2D eigenvalue weighted by atomic mass is 16.4. The summed E-state index contributed by atoms with van der Waals surface area (Å²) >= 11 is 0. The summed E-state index contributed by atoms with van der Waals surface area (Å²) in [4.78, 5) is 23.3. The smallest absolute Gasteiger partial charge is 0.303 e. The second-order valence-corrected chi connectivity index (χ2v) is 4.08. The highest BCUT2D eigenvalue weighted by Gasteiger charge is 2.10. The van der Waals surface area contributed by atoms with E-state index in [-0.39, 0.29) is 6.42 Å². The largest absolute Gasteiger partial charge is 0.481 e. The van der Waals surface area contributed by atoms with Crippen molar-refractivity contribution in [3.8, 4) is 11.5 Å². The monoisotopic (exact) mass is 257 g/mol. The first-order chi connectivity index (χ1) is 9.22. The molecule has 3 heterocycles. The quantitative estimate of drug-likeness (QED) is 0.730. The minimum Gasteiger partial charge on any atom is -0.481 e. The van der Waals surface area contributed by atoms with Crippen LogP contribution in [0.5, 0.6) is 0 Å². The second-order valence-electron chi connectivity index (χ2n) is 4.08. The SMILES string of the molecule is O=C(O)CCc1cn2[nH]c(-c3ccccn3)nc2n1. The van der Waals surface area contributed by atoms with Crippen LogP contribution in [-0.2, 0) is 11.2 Å². The number of rotatable bonds is 4. The summed E-state index contributed by atoms with van der Waals surface area (Å²) in [7, 11) is 0. The molecule has 3 aromatic rings. The fraction of sp³-hybridized carbons (Fsp3) is 0.167. The molecule has 0 bridgehead atoms. The summed E-state index contributed by atoms with van der Waals surface area (Å²) in [6.45, 7) is 0. The number of carbonyl (C=O) groups is 1. The molecule has 2 N–H and O–H groups in total. The molecule has 0 saturated heterocycles. The van der Waals surface area contributed by atoms with Crippen LogP contribution in [0, 0.1) is 0 Å². The molecule has 7 heteroatoms. The molecule has 0 unspecified atom stereocenters. The van der Waals surface area contributed by atoms with Gasteiger partial charge in [0.25, 0.3) is 5.78 Å². The zero-order chi connectivity index (χ0) is 13.2. The number of imidazole rings is 1. The average molecular weight is 257 g/mol. The van der Waals surface area contributed by atoms with Crippen LogP contribution in [0.3, 0.4) is 0 Å². The Kier molecular flexibility index (Phi) is 2.71. The molecule has 7 nitrogen and oxygen atoms in total. The van der Waals surface area contributed by atoms with E-state index in [9.17, 15) is 4.79 Å². The molecule has 96 valence electrons. The van der Waals surface area contributed by atoms with E-state index in [1.165, 1.54) is 0 Å². The molecule has 0 spiro atoms. The van der Waals surface area contributed by atoms with Crippen LogP contribution in [0.15, 0.2) is 30.6 Å². The fourth-order valence-corrected chi connectivity index (χ4v) is 1.79. The Labute approximate surface area is 107 Å². The van der Waals surface area contributed by atoms with Gasteiger partial charge < -0.3 is 5.11 Å². The van der Waals surface area contributed by atoms with E-state index >= 15 is 0 Å². The highest BCUT2D eigenvalue weighted by molar-refractivity contribution is 5.67. The first kappa shape index (κ1) is 11.4. The molecule has 0 aromatic carbocycles. The molecule has 0 aliphatic carbocycles. The zero-order valence-electron chi connectivity index (χ0n) is 9.95.